The van der Waals surface area contributed by atoms with Crippen LogP contribution in [0, 0.1) is 0 Å². The van der Waals surface area contributed by atoms with Crippen molar-refractivity contribution >= 4 is 5.91 Å². The molecule has 0 aromatic heterocycles. The van der Waals surface area contributed by atoms with Crippen molar-refractivity contribution in [2.75, 3.05) is 35.0 Å². The van der Waals surface area contributed by atoms with E-state index >= 15 is 0 Å². The number of carbonyl (C=O) groups is 1. The lowest BCUT2D eigenvalue weighted by atomic mass is 10.1. The Labute approximate surface area is 124 Å². The predicted octanol–water partition coefficient (Wildman–Crippen LogP) is 1.08. The molecular formula is C15H21NO5. The molecular weight excluding hydrogens is 274 g/mol. The van der Waals surface area contributed by atoms with Crippen LogP contribution in [-0.2, 0) is 20.7 Å². The Kier molecular flexibility index (Phi) is 5.03. The first-order valence-electron chi connectivity index (χ1n) is 6.70. The maximum atomic E-state index is 11.8. The molecule has 2 rings (SSSR count). The molecule has 1 amide bonds. The monoisotopic (exact) mass is 295 g/mol. The van der Waals surface area contributed by atoms with E-state index in [9.17, 15) is 4.79 Å². The molecule has 0 bridgehead atoms. The van der Waals surface area contributed by atoms with Crippen LogP contribution in [0.4, 0.5) is 0 Å². The number of hydrogen-bond acceptors (Lipinski definition) is 5. The van der Waals surface area contributed by atoms with Crippen LogP contribution in [-0.4, -0.2) is 47.1 Å². The minimum Gasteiger partial charge on any atom is -0.493 e. The SMILES string of the molecule is COCC(=O)N[C@@H]1c2cc(OC)c(OC)cc2C[C@H]1OC. The first kappa shape index (κ1) is 15.6. The van der Waals surface area contributed by atoms with Gasteiger partial charge in [0.2, 0.25) is 5.91 Å². The lowest BCUT2D eigenvalue weighted by Gasteiger charge is -2.21. The summed E-state index contributed by atoms with van der Waals surface area (Å²) in [7, 11) is 6.32. The van der Waals surface area contributed by atoms with Crippen LogP contribution in [0.1, 0.15) is 17.2 Å². The van der Waals surface area contributed by atoms with E-state index in [1.165, 1.54) is 7.11 Å². The Morgan fingerprint density at radius 1 is 1.19 bits per heavy atom. The third-order valence-corrected chi connectivity index (χ3v) is 3.67. The molecule has 116 valence electrons. The molecule has 1 aromatic carbocycles. The smallest absolute Gasteiger partial charge is 0.246 e. The van der Waals surface area contributed by atoms with Crippen molar-refractivity contribution in [3.63, 3.8) is 0 Å². The number of ether oxygens (including phenoxy) is 4. The number of methoxy groups -OCH3 is 4. The molecule has 0 saturated carbocycles. The molecule has 0 unspecified atom stereocenters. The molecule has 1 aliphatic rings. The van der Waals surface area contributed by atoms with E-state index in [0.29, 0.717) is 17.9 Å². The van der Waals surface area contributed by atoms with Gasteiger partial charge in [-0.1, -0.05) is 0 Å². The van der Waals surface area contributed by atoms with E-state index in [0.717, 1.165) is 11.1 Å². The Morgan fingerprint density at radius 2 is 1.86 bits per heavy atom. The van der Waals surface area contributed by atoms with Gasteiger partial charge in [0, 0.05) is 20.6 Å². The molecule has 0 radical (unpaired) electrons. The molecule has 0 heterocycles. The molecule has 2 atom stereocenters. The summed E-state index contributed by atoms with van der Waals surface area (Å²) in [6.45, 7) is 0.0234. The number of hydrogen-bond donors (Lipinski definition) is 1. The largest absolute Gasteiger partial charge is 0.493 e. The minimum atomic E-state index is -0.215. The third kappa shape index (κ3) is 3.11. The summed E-state index contributed by atoms with van der Waals surface area (Å²) in [4.78, 5) is 11.8. The van der Waals surface area contributed by atoms with Crippen LogP contribution in [0.3, 0.4) is 0 Å². The summed E-state index contributed by atoms with van der Waals surface area (Å²) >= 11 is 0. The second kappa shape index (κ2) is 6.78. The minimum absolute atomic E-state index is 0.0234. The van der Waals surface area contributed by atoms with Crippen LogP contribution in [0.5, 0.6) is 11.5 Å². The second-order valence-electron chi connectivity index (χ2n) is 4.86. The first-order chi connectivity index (χ1) is 10.1. The molecule has 0 spiro atoms. The molecule has 0 saturated heterocycles. The van der Waals surface area contributed by atoms with Crippen LogP contribution in [0.25, 0.3) is 0 Å². The van der Waals surface area contributed by atoms with Gasteiger partial charge in [0.15, 0.2) is 11.5 Å². The quantitative estimate of drug-likeness (QED) is 0.850. The molecule has 1 aliphatic carbocycles. The van der Waals surface area contributed by atoms with Crippen molar-refractivity contribution in [3.8, 4) is 11.5 Å². The summed E-state index contributed by atoms with van der Waals surface area (Å²) in [6.07, 6.45) is 0.599. The highest BCUT2D eigenvalue weighted by Crippen LogP contribution is 2.40. The lowest BCUT2D eigenvalue weighted by molar-refractivity contribution is -0.126. The van der Waals surface area contributed by atoms with Crippen molar-refractivity contribution in [2.24, 2.45) is 0 Å². The van der Waals surface area contributed by atoms with Gasteiger partial charge >= 0.3 is 0 Å². The van der Waals surface area contributed by atoms with Crippen molar-refractivity contribution in [1.29, 1.82) is 0 Å². The van der Waals surface area contributed by atoms with Gasteiger partial charge in [0.1, 0.15) is 6.61 Å². The number of rotatable bonds is 6. The van der Waals surface area contributed by atoms with Gasteiger partial charge in [-0.3, -0.25) is 4.79 Å². The average molecular weight is 295 g/mol. The highest BCUT2D eigenvalue weighted by molar-refractivity contribution is 5.78. The van der Waals surface area contributed by atoms with E-state index in [2.05, 4.69) is 5.32 Å². The molecule has 0 fully saturated rings. The number of carbonyl (C=O) groups excluding carboxylic acids is 1. The first-order valence-corrected chi connectivity index (χ1v) is 6.70. The van der Waals surface area contributed by atoms with Gasteiger partial charge in [0.25, 0.3) is 0 Å². The zero-order valence-electron chi connectivity index (χ0n) is 12.8. The zero-order valence-corrected chi connectivity index (χ0v) is 12.8. The van der Waals surface area contributed by atoms with Crippen LogP contribution < -0.4 is 14.8 Å². The van der Waals surface area contributed by atoms with Crippen molar-refractivity contribution in [1.82, 2.24) is 5.32 Å². The third-order valence-electron chi connectivity index (χ3n) is 3.67. The van der Waals surface area contributed by atoms with E-state index in [1.54, 1.807) is 21.3 Å². The number of nitrogens with one attached hydrogen (secondary N) is 1. The van der Waals surface area contributed by atoms with Crippen molar-refractivity contribution < 1.29 is 23.7 Å². The molecule has 0 aliphatic heterocycles. The highest BCUT2D eigenvalue weighted by atomic mass is 16.5. The summed E-state index contributed by atoms with van der Waals surface area (Å²) in [5, 5.41) is 2.94. The maximum Gasteiger partial charge on any atom is 0.246 e. The van der Waals surface area contributed by atoms with E-state index in [1.807, 2.05) is 12.1 Å². The van der Waals surface area contributed by atoms with Gasteiger partial charge in [-0.15, -0.1) is 0 Å². The zero-order chi connectivity index (χ0) is 15.4. The normalized spacial score (nSPS) is 20.0. The van der Waals surface area contributed by atoms with Crippen LogP contribution >= 0.6 is 0 Å². The molecule has 1 aromatic rings. The number of amides is 1. The van der Waals surface area contributed by atoms with Gasteiger partial charge in [0.05, 0.1) is 26.4 Å². The maximum absolute atomic E-state index is 11.8. The fourth-order valence-electron chi connectivity index (χ4n) is 2.67. The summed E-state index contributed by atoms with van der Waals surface area (Å²) in [6, 6.07) is 3.61. The summed E-state index contributed by atoms with van der Waals surface area (Å²) < 4.78 is 21.0. The fraction of sp³-hybridized carbons (Fsp3) is 0.533. The standard InChI is InChI=1S/C15H21NO5/c1-18-8-14(17)16-15-10-7-12(20-3)11(19-2)5-9(10)6-13(15)21-4/h5,7,13,15H,6,8H2,1-4H3,(H,16,17)/t13-,15-/m1/s1. The van der Waals surface area contributed by atoms with E-state index in [4.69, 9.17) is 18.9 Å². The Balaban J connectivity index is 2.32. The summed E-state index contributed by atoms with van der Waals surface area (Å²) in [5.74, 6) is 1.14. The number of benzene rings is 1. The highest BCUT2D eigenvalue weighted by Gasteiger charge is 2.35. The van der Waals surface area contributed by atoms with Crippen LogP contribution in [0.15, 0.2) is 12.1 Å². The summed E-state index contributed by atoms with van der Waals surface area (Å²) in [5.41, 5.74) is 2.08. The van der Waals surface area contributed by atoms with Crippen molar-refractivity contribution in [2.45, 2.75) is 18.6 Å². The topological polar surface area (TPSA) is 66.0 Å². The second-order valence-corrected chi connectivity index (χ2v) is 4.86. The Morgan fingerprint density at radius 3 is 2.43 bits per heavy atom. The molecule has 1 N–H and O–H groups in total. The molecule has 6 nitrogen and oxygen atoms in total. The average Bonchev–Trinajstić information content (AvgIpc) is 2.82. The predicted molar refractivity (Wildman–Crippen MR) is 76.8 cm³/mol. The van der Waals surface area contributed by atoms with Gasteiger partial charge < -0.3 is 24.3 Å². The van der Waals surface area contributed by atoms with Gasteiger partial charge in [-0.2, -0.15) is 0 Å². The fourth-order valence-corrected chi connectivity index (χ4v) is 2.67. The molecule has 21 heavy (non-hydrogen) atoms. The van der Waals surface area contributed by atoms with Gasteiger partial charge in [-0.25, -0.2) is 0 Å². The van der Waals surface area contributed by atoms with E-state index in [-0.39, 0.29) is 24.7 Å². The lowest BCUT2D eigenvalue weighted by Crippen LogP contribution is -2.36. The van der Waals surface area contributed by atoms with E-state index < -0.39 is 0 Å². The van der Waals surface area contributed by atoms with Crippen LogP contribution in [0.2, 0.25) is 0 Å². The van der Waals surface area contributed by atoms with Gasteiger partial charge in [-0.05, 0) is 23.3 Å². The number of fused-ring (bicyclic) bond motifs is 1. The molecule has 6 heteroatoms. The van der Waals surface area contributed by atoms with Crippen molar-refractivity contribution in [3.05, 3.63) is 23.3 Å². The Hall–Kier alpha value is -1.79. The Bertz CT molecular complexity index is 517.